The van der Waals surface area contributed by atoms with Gasteiger partial charge in [0.15, 0.2) is 0 Å². The Kier molecular flexibility index (Phi) is 1.98. The number of aromatic nitrogens is 2. The summed E-state index contributed by atoms with van der Waals surface area (Å²) in [6.45, 7) is 7.16. The van der Waals surface area contributed by atoms with Gasteiger partial charge in [0.2, 0.25) is 0 Å². The van der Waals surface area contributed by atoms with Crippen LogP contribution in [0.2, 0.25) is 0 Å². The molecule has 4 aliphatic carbocycles. The van der Waals surface area contributed by atoms with Gasteiger partial charge in [-0.05, 0) is 62.2 Å². The molecule has 2 atom stereocenters. The molecule has 0 spiro atoms. The second-order valence-corrected chi connectivity index (χ2v) is 8.52. The summed E-state index contributed by atoms with van der Waals surface area (Å²) in [7, 11) is 0. The molecule has 4 aliphatic rings. The summed E-state index contributed by atoms with van der Waals surface area (Å²) in [6, 6.07) is 0. The van der Waals surface area contributed by atoms with Crippen molar-refractivity contribution in [1.29, 1.82) is 0 Å². The second-order valence-electron chi connectivity index (χ2n) is 8.52. The Morgan fingerprint density at radius 1 is 1.11 bits per heavy atom. The summed E-state index contributed by atoms with van der Waals surface area (Å²) < 4.78 is 0. The van der Waals surface area contributed by atoms with Crippen LogP contribution in [-0.4, -0.2) is 10.2 Å². The van der Waals surface area contributed by atoms with Gasteiger partial charge in [-0.25, -0.2) is 0 Å². The minimum atomic E-state index is 0.331. The molecule has 0 radical (unpaired) electrons. The van der Waals surface area contributed by atoms with Gasteiger partial charge in [0.05, 0.1) is 0 Å². The van der Waals surface area contributed by atoms with Gasteiger partial charge >= 0.3 is 0 Å². The first-order valence-electron chi connectivity index (χ1n) is 7.64. The van der Waals surface area contributed by atoms with E-state index in [1.165, 1.54) is 49.8 Å². The highest BCUT2D eigenvalue weighted by atomic mass is 15.2. The van der Waals surface area contributed by atoms with Gasteiger partial charge in [0.25, 0.3) is 0 Å². The molecule has 5 rings (SSSR count). The molecule has 3 heteroatoms. The van der Waals surface area contributed by atoms with Crippen LogP contribution in [0.1, 0.15) is 63.6 Å². The topological polar surface area (TPSA) is 54.7 Å². The fraction of sp³-hybridized carbons (Fsp3) is 0.812. The van der Waals surface area contributed by atoms with Crippen LogP contribution in [0.15, 0.2) is 0 Å². The minimum Gasteiger partial charge on any atom is -0.382 e. The first-order valence-corrected chi connectivity index (χ1v) is 7.64. The number of aromatic amines is 1. The van der Waals surface area contributed by atoms with Crippen LogP contribution >= 0.6 is 0 Å². The summed E-state index contributed by atoms with van der Waals surface area (Å²) in [4.78, 5) is 0. The van der Waals surface area contributed by atoms with Gasteiger partial charge in [-0.1, -0.05) is 13.8 Å². The predicted octanol–water partition coefficient (Wildman–Crippen LogP) is 3.55. The molecular weight excluding hydrogens is 234 g/mol. The molecule has 3 nitrogen and oxygen atoms in total. The van der Waals surface area contributed by atoms with Gasteiger partial charge < -0.3 is 5.73 Å². The van der Waals surface area contributed by atoms with Crippen LogP contribution in [0, 0.1) is 23.7 Å². The Bertz CT molecular complexity index is 526. The largest absolute Gasteiger partial charge is 0.382 e. The molecule has 4 bridgehead atoms. The van der Waals surface area contributed by atoms with E-state index in [1.807, 2.05) is 0 Å². The molecule has 1 aromatic heterocycles. The van der Waals surface area contributed by atoms with E-state index < -0.39 is 0 Å². The predicted molar refractivity (Wildman–Crippen MR) is 76.8 cm³/mol. The zero-order valence-corrected chi connectivity index (χ0v) is 12.3. The Morgan fingerprint density at radius 3 is 2.21 bits per heavy atom. The quantitative estimate of drug-likeness (QED) is 0.810. The van der Waals surface area contributed by atoms with Crippen molar-refractivity contribution in [2.75, 3.05) is 5.73 Å². The van der Waals surface area contributed by atoms with Gasteiger partial charge in [0.1, 0.15) is 5.82 Å². The fourth-order valence-corrected chi connectivity index (χ4v) is 6.65. The third-order valence-electron chi connectivity index (χ3n) is 6.20. The molecule has 0 saturated heterocycles. The third-order valence-corrected chi connectivity index (χ3v) is 6.20. The van der Waals surface area contributed by atoms with Crippen molar-refractivity contribution in [3.63, 3.8) is 0 Å². The standard InChI is InChI=1S/C16H25N3/c1-10-12(18-19-13(10)17)16-6-11-4-14(2,8-16)7-15(3,5-11)9-16/h11H,4-9H2,1-3H3,(H3,17,18,19). The van der Waals surface area contributed by atoms with E-state index in [-0.39, 0.29) is 0 Å². The number of rotatable bonds is 1. The van der Waals surface area contributed by atoms with Gasteiger partial charge in [-0.3, -0.25) is 5.10 Å². The molecule has 2 unspecified atom stereocenters. The fourth-order valence-electron chi connectivity index (χ4n) is 6.65. The number of nitrogen functional groups attached to an aromatic ring is 1. The van der Waals surface area contributed by atoms with Gasteiger partial charge in [-0.15, -0.1) is 0 Å². The molecule has 4 saturated carbocycles. The van der Waals surface area contributed by atoms with Crippen molar-refractivity contribution in [2.24, 2.45) is 16.7 Å². The van der Waals surface area contributed by atoms with E-state index in [0.717, 1.165) is 5.92 Å². The van der Waals surface area contributed by atoms with E-state index in [1.54, 1.807) is 0 Å². The Morgan fingerprint density at radius 2 is 1.74 bits per heavy atom. The van der Waals surface area contributed by atoms with E-state index in [0.29, 0.717) is 22.1 Å². The summed E-state index contributed by atoms with van der Waals surface area (Å²) in [5.41, 5.74) is 9.95. The highest BCUT2D eigenvalue weighted by Crippen LogP contribution is 2.69. The second kappa shape index (κ2) is 3.18. The first kappa shape index (κ1) is 11.8. The molecule has 4 fully saturated rings. The van der Waals surface area contributed by atoms with Crippen LogP contribution in [0.3, 0.4) is 0 Å². The van der Waals surface area contributed by atoms with Crippen LogP contribution in [-0.2, 0) is 5.41 Å². The van der Waals surface area contributed by atoms with Gasteiger partial charge in [-0.2, -0.15) is 5.10 Å². The van der Waals surface area contributed by atoms with Crippen LogP contribution < -0.4 is 5.73 Å². The lowest BCUT2D eigenvalue weighted by Crippen LogP contribution is -2.57. The number of nitrogens with zero attached hydrogens (tertiary/aromatic N) is 1. The summed E-state index contributed by atoms with van der Waals surface area (Å²) in [5, 5.41) is 7.56. The Labute approximate surface area is 115 Å². The normalized spacial score (nSPS) is 47.8. The van der Waals surface area contributed by atoms with Gasteiger partial charge in [0, 0.05) is 16.7 Å². The average molecular weight is 259 g/mol. The average Bonchev–Trinajstić information content (AvgIpc) is 2.54. The molecule has 0 amide bonds. The maximum Gasteiger partial charge on any atom is 0.148 e. The lowest BCUT2D eigenvalue weighted by molar-refractivity contribution is -0.111. The molecule has 0 aliphatic heterocycles. The highest BCUT2D eigenvalue weighted by molar-refractivity contribution is 5.45. The summed E-state index contributed by atoms with van der Waals surface area (Å²) in [6.07, 6.45) is 8.30. The lowest BCUT2D eigenvalue weighted by Gasteiger charge is -2.65. The molecular formula is C16H25N3. The van der Waals surface area contributed by atoms with Crippen LogP contribution in [0.5, 0.6) is 0 Å². The molecule has 3 N–H and O–H groups in total. The number of nitrogens with two attached hydrogens (primary N) is 1. The molecule has 19 heavy (non-hydrogen) atoms. The highest BCUT2D eigenvalue weighted by Gasteiger charge is 2.61. The summed E-state index contributed by atoms with van der Waals surface area (Å²) in [5.74, 6) is 1.61. The number of anilines is 1. The van der Waals surface area contributed by atoms with Crippen molar-refractivity contribution in [3.05, 3.63) is 11.3 Å². The number of H-pyrrole nitrogens is 1. The number of hydrogen-bond acceptors (Lipinski definition) is 2. The van der Waals surface area contributed by atoms with E-state index in [9.17, 15) is 0 Å². The zero-order chi connectivity index (χ0) is 13.5. The molecule has 0 aromatic carbocycles. The molecule has 1 aromatic rings. The van der Waals surface area contributed by atoms with E-state index in [2.05, 4.69) is 31.0 Å². The lowest BCUT2D eigenvalue weighted by atomic mass is 9.39. The van der Waals surface area contributed by atoms with E-state index >= 15 is 0 Å². The third kappa shape index (κ3) is 1.47. The van der Waals surface area contributed by atoms with Crippen LogP contribution in [0.4, 0.5) is 5.82 Å². The van der Waals surface area contributed by atoms with Crippen molar-refractivity contribution >= 4 is 5.82 Å². The molecule has 104 valence electrons. The number of hydrogen-bond donors (Lipinski definition) is 2. The smallest absolute Gasteiger partial charge is 0.148 e. The zero-order valence-electron chi connectivity index (χ0n) is 12.3. The van der Waals surface area contributed by atoms with Crippen molar-refractivity contribution < 1.29 is 0 Å². The summed E-state index contributed by atoms with van der Waals surface area (Å²) >= 11 is 0. The number of nitrogens with one attached hydrogen (secondary N) is 1. The Balaban J connectivity index is 1.85. The van der Waals surface area contributed by atoms with Crippen LogP contribution in [0.25, 0.3) is 0 Å². The molecule has 1 heterocycles. The maximum absolute atomic E-state index is 5.98. The SMILES string of the molecule is Cc1c(N)n[nH]c1C12CC3CC(C)(CC(C)(C3)C1)C2. The van der Waals surface area contributed by atoms with Crippen molar-refractivity contribution in [1.82, 2.24) is 10.2 Å². The maximum atomic E-state index is 5.98. The monoisotopic (exact) mass is 259 g/mol. The first-order chi connectivity index (χ1) is 8.83. The van der Waals surface area contributed by atoms with Crippen molar-refractivity contribution in [3.8, 4) is 0 Å². The minimum absolute atomic E-state index is 0.331. The van der Waals surface area contributed by atoms with E-state index in [4.69, 9.17) is 5.73 Å². The van der Waals surface area contributed by atoms with Crippen molar-refractivity contribution in [2.45, 2.75) is 64.7 Å². The Hall–Kier alpha value is -0.990.